The number of thiazole rings is 1. The molecule has 20 heavy (non-hydrogen) atoms. The Balaban J connectivity index is 1.84. The Morgan fingerprint density at radius 3 is 2.80 bits per heavy atom. The van der Waals surface area contributed by atoms with Gasteiger partial charge in [-0.05, 0) is 11.6 Å². The number of aromatic nitrogens is 3. The van der Waals surface area contributed by atoms with Crippen molar-refractivity contribution in [1.29, 1.82) is 0 Å². The minimum Gasteiger partial charge on any atom is -0.375 e. The van der Waals surface area contributed by atoms with Crippen molar-refractivity contribution in [2.24, 2.45) is 0 Å². The summed E-state index contributed by atoms with van der Waals surface area (Å²) in [6, 6.07) is 3.35. The lowest BCUT2D eigenvalue weighted by atomic mass is 10.1. The second-order valence-electron chi connectivity index (χ2n) is 4.00. The molecule has 0 aliphatic carbocycles. The molecular weight excluding hydrogens is 286 g/mol. The molecule has 0 fully saturated rings. The van der Waals surface area contributed by atoms with E-state index in [1.54, 1.807) is 5.38 Å². The van der Waals surface area contributed by atoms with Crippen LogP contribution >= 0.6 is 11.3 Å². The van der Waals surface area contributed by atoms with Crippen LogP contribution in [0.4, 0.5) is 13.9 Å². The first-order chi connectivity index (χ1) is 9.61. The lowest BCUT2D eigenvalue weighted by molar-refractivity contribution is 0.422. The van der Waals surface area contributed by atoms with Gasteiger partial charge in [0.2, 0.25) is 0 Å². The highest BCUT2D eigenvalue weighted by atomic mass is 32.1. The molecule has 2 aromatic heterocycles. The monoisotopic (exact) mass is 294 g/mol. The molecule has 3 rings (SSSR count). The maximum atomic E-state index is 13.5. The third kappa shape index (κ3) is 2.50. The van der Waals surface area contributed by atoms with Crippen LogP contribution in [0.15, 0.2) is 28.1 Å². The molecule has 0 spiro atoms. The molecule has 8 heteroatoms. The maximum Gasteiger partial charge on any atom is 0.277 e. The van der Waals surface area contributed by atoms with Crippen LogP contribution in [0.1, 0.15) is 11.4 Å². The topological polar surface area (TPSA) is 77.8 Å². The zero-order valence-electron chi connectivity index (χ0n) is 10.0. The molecule has 0 atom stereocenters. The van der Waals surface area contributed by atoms with E-state index in [1.165, 1.54) is 23.5 Å². The van der Waals surface area contributed by atoms with Crippen molar-refractivity contribution in [3.05, 3.63) is 46.6 Å². The van der Waals surface area contributed by atoms with Gasteiger partial charge < -0.3 is 10.3 Å². The van der Waals surface area contributed by atoms with E-state index in [1.807, 2.05) is 0 Å². The second-order valence-corrected chi connectivity index (χ2v) is 4.89. The number of rotatable bonds is 3. The second kappa shape index (κ2) is 4.97. The Bertz CT molecular complexity index is 756. The Labute approximate surface area is 116 Å². The van der Waals surface area contributed by atoms with Gasteiger partial charge in [0.05, 0.1) is 0 Å². The normalized spacial score (nSPS) is 10.9. The Morgan fingerprint density at radius 1 is 1.25 bits per heavy atom. The first kappa shape index (κ1) is 12.7. The smallest absolute Gasteiger partial charge is 0.277 e. The molecular formula is C12H8F2N4OS. The van der Waals surface area contributed by atoms with Gasteiger partial charge in [0.25, 0.3) is 5.89 Å². The SMILES string of the molecule is Nc1nc(-c2nc(Cc3ccc(F)cc3F)no2)cs1. The highest BCUT2D eigenvalue weighted by Crippen LogP contribution is 2.22. The van der Waals surface area contributed by atoms with Gasteiger partial charge in [0, 0.05) is 17.9 Å². The van der Waals surface area contributed by atoms with Crippen molar-refractivity contribution in [2.75, 3.05) is 5.73 Å². The van der Waals surface area contributed by atoms with Crippen LogP contribution in [0.5, 0.6) is 0 Å². The predicted molar refractivity (Wildman–Crippen MR) is 69.0 cm³/mol. The minimum atomic E-state index is -0.644. The largest absolute Gasteiger partial charge is 0.375 e. The van der Waals surface area contributed by atoms with E-state index in [4.69, 9.17) is 10.3 Å². The van der Waals surface area contributed by atoms with Crippen LogP contribution in [-0.4, -0.2) is 15.1 Å². The third-order valence-corrected chi connectivity index (χ3v) is 3.25. The van der Waals surface area contributed by atoms with Gasteiger partial charge in [-0.15, -0.1) is 11.3 Å². The molecule has 0 aliphatic rings. The molecule has 0 bridgehead atoms. The quantitative estimate of drug-likeness (QED) is 0.803. The minimum absolute atomic E-state index is 0.106. The van der Waals surface area contributed by atoms with E-state index in [9.17, 15) is 8.78 Å². The van der Waals surface area contributed by atoms with Crippen LogP contribution in [-0.2, 0) is 6.42 Å². The predicted octanol–water partition coefficient (Wildman–Crippen LogP) is 2.64. The zero-order chi connectivity index (χ0) is 14.1. The summed E-state index contributed by atoms with van der Waals surface area (Å²) >= 11 is 1.25. The molecule has 0 aliphatic heterocycles. The van der Waals surface area contributed by atoms with E-state index in [2.05, 4.69) is 15.1 Å². The summed E-state index contributed by atoms with van der Waals surface area (Å²) in [6.45, 7) is 0. The standard InChI is InChI=1S/C12H8F2N4OS/c13-7-2-1-6(8(14)4-7)3-10-17-11(19-18-10)9-5-20-12(15)16-9/h1-2,4-5H,3H2,(H2,15,16). The molecule has 0 unspecified atom stereocenters. The van der Waals surface area contributed by atoms with Crippen molar-refractivity contribution < 1.29 is 13.3 Å². The highest BCUT2D eigenvalue weighted by molar-refractivity contribution is 7.13. The van der Waals surface area contributed by atoms with Crippen LogP contribution in [0, 0.1) is 11.6 Å². The van der Waals surface area contributed by atoms with Gasteiger partial charge in [0.1, 0.15) is 17.3 Å². The maximum absolute atomic E-state index is 13.5. The first-order valence-electron chi connectivity index (χ1n) is 5.60. The lowest BCUT2D eigenvalue weighted by Gasteiger charge is -1.98. The van der Waals surface area contributed by atoms with Gasteiger partial charge in [-0.3, -0.25) is 0 Å². The average Bonchev–Trinajstić information content (AvgIpc) is 3.02. The average molecular weight is 294 g/mol. The Kier molecular flexibility index (Phi) is 3.15. The van der Waals surface area contributed by atoms with Crippen molar-refractivity contribution in [2.45, 2.75) is 6.42 Å². The van der Waals surface area contributed by atoms with E-state index in [0.717, 1.165) is 6.07 Å². The van der Waals surface area contributed by atoms with Crippen LogP contribution in [0.25, 0.3) is 11.6 Å². The first-order valence-corrected chi connectivity index (χ1v) is 6.47. The van der Waals surface area contributed by atoms with Crippen LogP contribution < -0.4 is 5.73 Å². The van der Waals surface area contributed by atoms with Crippen molar-refractivity contribution in [3.63, 3.8) is 0 Å². The summed E-state index contributed by atoms with van der Waals surface area (Å²) in [4.78, 5) is 8.11. The molecule has 2 heterocycles. The highest BCUT2D eigenvalue weighted by Gasteiger charge is 2.14. The number of benzene rings is 1. The van der Waals surface area contributed by atoms with Crippen LogP contribution in [0.3, 0.4) is 0 Å². The lowest BCUT2D eigenvalue weighted by Crippen LogP contribution is -1.95. The van der Waals surface area contributed by atoms with Gasteiger partial charge in [-0.1, -0.05) is 11.2 Å². The Hall–Kier alpha value is -2.35. The number of nitrogens with two attached hydrogens (primary N) is 1. The summed E-state index contributed by atoms with van der Waals surface area (Å²) < 4.78 is 31.4. The van der Waals surface area contributed by atoms with Crippen molar-refractivity contribution >= 4 is 16.5 Å². The number of hydrogen-bond acceptors (Lipinski definition) is 6. The summed E-state index contributed by atoms with van der Waals surface area (Å²) in [7, 11) is 0. The van der Waals surface area contributed by atoms with Gasteiger partial charge in [-0.2, -0.15) is 4.98 Å². The molecule has 0 amide bonds. The number of nitrogen functional groups attached to an aromatic ring is 1. The number of hydrogen-bond donors (Lipinski definition) is 1. The van der Waals surface area contributed by atoms with E-state index in [0.29, 0.717) is 10.8 Å². The zero-order valence-corrected chi connectivity index (χ0v) is 10.8. The molecule has 3 aromatic rings. The molecule has 2 N–H and O–H groups in total. The Morgan fingerprint density at radius 2 is 2.10 bits per heavy atom. The fraction of sp³-hybridized carbons (Fsp3) is 0.0833. The van der Waals surface area contributed by atoms with E-state index in [-0.39, 0.29) is 23.7 Å². The summed E-state index contributed by atoms with van der Waals surface area (Å²) in [6.07, 6.45) is 0.106. The summed E-state index contributed by atoms with van der Waals surface area (Å²) in [5, 5.41) is 5.82. The molecule has 5 nitrogen and oxygen atoms in total. The summed E-state index contributed by atoms with van der Waals surface area (Å²) in [5.74, 6) is -0.764. The van der Waals surface area contributed by atoms with E-state index >= 15 is 0 Å². The van der Waals surface area contributed by atoms with Gasteiger partial charge >= 0.3 is 0 Å². The number of halogens is 2. The number of nitrogens with zero attached hydrogens (tertiary/aromatic N) is 3. The fourth-order valence-electron chi connectivity index (χ4n) is 1.65. The molecule has 0 saturated heterocycles. The van der Waals surface area contributed by atoms with Crippen molar-refractivity contribution in [3.8, 4) is 11.6 Å². The third-order valence-electron chi connectivity index (χ3n) is 2.57. The molecule has 0 saturated carbocycles. The van der Waals surface area contributed by atoms with Gasteiger partial charge in [0.15, 0.2) is 11.0 Å². The van der Waals surface area contributed by atoms with Gasteiger partial charge in [-0.25, -0.2) is 13.8 Å². The molecule has 1 aromatic carbocycles. The van der Waals surface area contributed by atoms with Crippen LogP contribution in [0.2, 0.25) is 0 Å². The fourth-order valence-corrected chi connectivity index (χ4v) is 2.19. The summed E-state index contributed by atoms with van der Waals surface area (Å²) in [5.41, 5.74) is 6.28. The molecule has 0 radical (unpaired) electrons. The van der Waals surface area contributed by atoms with E-state index < -0.39 is 11.6 Å². The molecule has 102 valence electrons. The van der Waals surface area contributed by atoms with Crippen molar-refractivity contribution in [1.82, 2.24) is 15.1 Å². The number of anilines is 1.